The van der Waals surface area contributed by atoms with Gasteiger partial charge in [0, 0.05) is 5.69 Å². The van der Waals surface area contributed by atoms with E-state index in [0.717, 1.165) is 22.8 Å². The molecule has 23 heavy (non-hydrogen) atoms. The number of amides is 1. The van der Waals surface area contributed by atoms with Gasteiger partial charge in [-0.1, -0.05) is 36.9 Å². The topological polar surface area (TPSA) is 73.8 Å². The summed E-state index contributed by atoms with van der Waals surface area (Å²) in [5.41, 5.74) is 7.50. The molecular weight excluding hydrogens is 328 g/mol. The first-order valence-electron chi connectivity index (χ1n) is 7.18. The Kier molecular flexibility index (Phi) is 4.78. The summed E-state index contributed by atoms with van der Waals surface area (Å²) in [5, 5.41) is 11.2. The second kappa shape index (κ2) is 6.97. The second-order valence-corrected chi connectivity index (χ2v) is 6.78. The fraction of sp³-hybridized carbons (Fsp3) is 0.188. The number of hydrogen-bond donors (Lipinski definition) is 1. The third kappa shape index (κ3) is 3.46. The Morgan fingerprint density at radius 2 is 2.04 bits per heavy atom. The number of aryl methyl sites for hydroxylation is 1. The fourth-order valence-corrected chi connectivity index (χ4v) is 3.57. The van der Waals surface area contributed by atoms with Crippen molar-refractivity contribution in [2.24, 2.45) is 5.73 Å². The van der Waals surface area contributed by atoms with Crippen LogP contribution >= 0.6 is 23.1 Å². The molecule has 0 radical (unpaired) electrons. The molecule has 0 bridgehead atoms. The molecule has 0 aliphatic carbocycles. The summed E-state index contributed by atoms with van der Waals surface area (Å²) in [4.78, 5) is 12.1. The van der Waals surface area contributed by atoms with Crippen LogP contribution < -0.4 is 5.73 Å². The van der Waals surface area contributed by atoms with E-state index in [1.165, 1.54) is 17.3 Å². The Bertz CT molecular complexity index is 794. The maximum atomic E-state index is 11.1. The first-order valence-corrected chi connectivity index (χ1v) is 9.05. The van der Waals surface area contributed by atoms with E-state index in [4.69, 9.17) is 5.73 Å². The molecule has 0 aliphatic heterocycles. The van der Waals surface area contributed by atoms with Crippen LogP contribution in [-0.2, 0) is 11.2 Å². The lowest BCUT2D eigenvalue weighted by Crippen LogP contribution is -2.13. The van der Waals surface area contributed by atoms with Crippen molar-refractivity contribution in [2.45, 2.75) is 18.5 Å². The molecule has 1 amide bonds. The normalized spacial score (nSPS) is 10.8. The van der Waals surface area contributed by atoms with Crippen molar-refractivity contribution >= 4 is 29.0 Å². The Balaban J connectivity index is 2.06. The van der Waals surface area contributed by atoms with Crippen molar-refractivity contribution in [2.75, 3.05) is 5.75 Å². The first-order chi connectivity index (χ1) is 11.2. The molecule has 3 rings (SSSR count). The zero-order valence-corrected chi connectivity index (χ0v) is 14.2. The Hall–Kier alpha value is -2.12. The van der Waals surface area contributed by atoms with Crippen LogP contribution in [0.25, 0.3) is 16.4 Å². The average Bonchev–Trinajstić information content (AvgIpc) is 3.22. The van der Waals surface area contributed by atoms with Gasteiger partial charge in [-0.3, -0.25) is 9.36 Å². The first kappa shape index (κ1) is 15.8. The van der Waals surface area contributed by atoms with Gasteiger partial charge in [-0.15, -0.1) is 21.5 Å². The van der Waals surface area contributed by atoms with Crippen molar-refractivity contribution in [1.82, 2.24) is 14.8 Å². The van der Waals surface area contributed by atoms with E-state index in [0.29, 0.717) is 5.16 Å². The number of rotatable bonds is 6. The molecule has 0 saturated carbocycles. The van der Waals surface area contributed by atoms with Crippen LogP contribution in [0, 0.1) is 0 Å². The molecule has 5 nitrogen and oxygen atoms in total. The van der Waals surface area contributed by atoms with Gasteiger partial charge < -0.3 is 5.73 Å². The zero-order chi connectivity index (χ0) is 16.2. The van der Waals surface area contributed by atoms with Crippen LogP contribution in [0.3, 0.4) is 0 Å². The quantitative estimate of drug-likeness (QED) is 0.697. The summed E-state index contributed by atoms with van der Waals surface area (Å²) in [6.45, 7) is 2.12. The fourth-order valence-electron chi connectivity index (χ4n) is 2.18. The molecule has 7 heteroatoms. The molecule has 118 valence electrons. The van der Waals surface area contributed by atoms with Crippen molar-refractivity contribution in [3.63, 3.8) is 0 Å². The number of nitrogens with two attached hydrogens (primary N) is 1. The largest absolute Gasteiger partial charge is 0.369 e. The molecule has 0 fully saturated rings. The molecule has 0 saturated heterocycles. The molecule has 0 unspecified atom stereocenters. The molecule has 0 spiro atoms. The van der Waals surface area contributed by atoms with Crippen molar-refractivity contribution in [3.8, 4) is 16.4 Å². The van der Waals surface area contributed by atoms with E-state index >= 15 is 0 Å². The highest BCUT2D eigenvalue weighted by atomic mass is 32.2. The average molecular weight is 344 g/mol. The SMILES string of the molecule is CCc1ccc(-n2c(SCC(N)=O)nnc2-c2cccs2)cc1. The van der Waals surface area contributed by atoms with E-state index < -0.39 is 0 Å². The van der Waals surface area contributed by atoms with Gasteiger partial charge in [0.1, 0.15) is 0 Å². The van der Waals surface area contributed by atoms with Crippen LogP contribution in [0.4, 0.5) is 0 Å². The molecular formula is C16H16N4OS2. The van der Waals surface area contributed by atoms with E-state index in [9.17, 15) is 4.79 Å². The molecule has 3 aromatic rings. The monoisotopic (exact) mass is 344 g/mol. The van der Waals surface area contributed by atoms with E-state index in [-0.39, 0.29) is 11.7 Å². The highest BCUT2D eigenvalue weighted by Gasteiger charge is 2.17. The standard InChI is InChI=1S/C16H16N4OS2/c1-2-11-5-7-12(8-6-11)20-15(13-4-3-9-22-13)18-19-16(20)23-10-14(17)21/h3-9H,2,10H2,1H3,(H2,17,21). The van der Waals surface area contributed by atoms with Gasteiger partial charge in [0.05, 0.1) is 10.6 Å². The van der Waals surface area contributed by atoms with Gasteiger partial charge in [0.2, 0.25) is 5.91 Å². The van der Waals surface area contributed by atoms with Gasteiger partial charge >= 0.3 is 0 Å². The maximum absolute atomic E-state index is 11.1. The zero-order valence-electron chi connectivity index (χ0n) is 12.6. The number of thioether (sulfide) groups is 1. The summed E-state index contributed by atoms with van der Waals surface area (Å²) < 4.78 is 1.97. The van der Waals surface area contributed by atoms with Gasteiger partial charge in [-0.25, -0.2) is 0 Å². The lowest BCUT2D eigenvalue weighted by atomic mass is 10.1. The van der Waals surface area contributed by atoms with E-state index in [1.54, 1.807) is 11.3 Å². The third-order valence-electron chi connectivity index (χ3n) is 3.32. The minimum Gasteiger partial charge on any atom is -0.369 e. The van der Waals surface area contributed by atoms with Gasteiger partial charge in [-0.2, -0.15) is 0 Å². The van der Waals surface area contributed by atoms with Crippen LogP contribution in [0.2, 0.25) is 0 Å². The Morgan fingerprint density at radius 3 is 2.65 bits per heavy atom. The summed E-state index contributed by atoms with van der Waals surface area (Å²) in [6, 6.07) is 12.3. The number of primary amides is 1. The van der Waals surface area contributed by atoms with Crippen LogP contribution in [0.5, 0.6) is 0 Å². The van der Waals surface area contributed by atoms with Crippen molar-refractivity contribution in [3.05, 3.63) is 47.3 Å². The summed E-state index contributed by atoms with van der Waals surface area (Å²) in [6.07, 6.45) is 0.990. The predicted octanol–water partition coefficient (Wildman–Crippen LogP) is 3.14. The van der Waals surface area contributed by atoms with E-state index in [1.807, 2.05) is 34.2 Å². The number of thiophene rings is 1. The molecule has 2 aromatic heterocycles. The van der Waals surface area contributed by atoms with Crippen LogP contribution in [-0.4, -0.2) is 26.4 Å². The highest BCUT2D eigenvalue weighted by molar-refractivity contribution is 7.99. The molecule has 0 aliphatic rings. The number of aromatic nitrogens is 3. The molecule has 0 atom stereocenters. The molecule has 2 heterocycles. The Labute approximate surface area is 142 Å². The predicted molar refractivity (Wildman–Crippen MR) is 94.0 cm³/mol. The minimum absolute atomic E-state index is 0.176. The van der Waals surface area contributed by atoms with Crippen LogP contribution in [0.1, 0.15) is 12.5 Å². The number of carbonyl (C=O) groups excluding carboxylic acids is 1. The third-order valence-corrected chi connectivity index (χ3v) is 5.14. The number of benzene rings is 1. The van der Waals surface area contributed by atoms with E-state index in [2.05, 4.69) is 29.3 Å². The van der Waals surface area contributed by atoms with Gasteiger partial charge in [0.25, 0.3) is 0 Å². The number of hydrogen-bond acceptors (Lipinski definition) is 5. The Morgan fingerprint density at radius 1 is 1.26 bits per heavy atom. The maximum Gasteiger partial charge on any atom is 0.227 e. The van der Waals surface area contributed by atoms with Gasteiger partial charge in [0.15, 0.2) is 11.0 Å². The molecule has 1 aromatic carbocycles. The number of nitrogens with zero attached hydrogens (tertiary/aromatic N) is 3. The smallest absolute Gasteiger partial charge is 0.227 e. The second-order valence-electron chi connectivity index (χ2n) is 4.89. The summed E-state index contributed by atoms with van der Waals surface area (Å²) in [5.74, 6) is 0.579. The van der Waals surface area contributed by atoms with Gasteiger partial charge in [-0.05, 0) is 35.6 Å². The highest BCUT2D eigenvalue weighted by Crippen LogP contribution is 2.30. The minimum atomic E-state index is -0.372. The van der Waals surface area contributed by atoms with Crippen LogP contribution in [0.15, 0.2) is 46.9 Å². The van der Waals surface area contributed by atoms with Crippen molar-refractivity contribution < 1.29 is 4.79 Å². The lowest BCUT2D eigenvalue weighted by molar-refractivity contribution is -0.115. The number of carbonyl (C=O) groups is 1. The lowest BCUT2D eigenvalue weighted by Gasteiger charge is -2.09. The summed E-state index contributed by atoms with van der Waals surface area (Å²) >= 11 is 2.90. The molecule has 2 N–H and O–H groups in total. The van der Waals surface area contributed by atoms with Crippen molar-refractivity contribution in [1.29, 1.82) is 0 Å². The summed E-state index contributed by atoms with van der Waals surface area (Å²) in [7, 11) is 0.